The Morgan fingerprint density at radius 2 is 2.18 bits per heavy atom. The number of nitrogens with one attached hydrogen (secondary N) is 1. The Bertz CT molecular complexity index is 475. The minimum Gasteiger partial charge on any atom is -0.505 e. The van der Waals surface area contributed by atoms with Gasteiger partial charge in [0, 0.05) is 13.7 Å². The second kappa shape index (κ2) is 6.23. The average molecular weight is 324 g/mol. The van der Waals surface area contributed by atoms with Crippen molar-refractivity contribution in [3.05, 3.63) is 22.7 Å². The maximum atomic E-state index is 11.6. The van der Waals surface area contributed by atoms with Crippen LogP contribution in [0.2, 0.25) is 0 Å². The van der Waals surface area contributed by atoms with E-state index in [9.17, 15) is 13.5 Å². The summed E-state index contributed by atoms with van der Waals surface area (Å²) in [6.07, 6.45) is 0.403. The van der Waals surface area contributed by atoms with E-state index in [0.29, 0.717) is 17.5 Å². The number of methoxy groups -OCH3 is 1. The highest BCUT2D eigenvalue weighted by molar-refractivity contribution is 9.10. The normalized spacial score (nSPS) is 11.4. The first-order valence-electron chi connectivity index (χ1n) is 4.93. The summed E-state index contributed by atoms with van der Waals surface area (Å²) >= 11 is 3.11. The molecule has 2 N–H and O–H groups in total. The van der Waals surface area contributed by atoms with Crippen LogP contribution in [0.25, 0.3) is 0 Å². The molecule has 1 rings (SSSR count). The van der Waals surface area contributed by atoms with E-state index >= 15 is 0 Å². The summed E-state index contributed by atoms with van der Waals surface area (Å²) in [5, 5.41) is 9.63. The SMILES string of the molecule is COCCCS(=O)(=O)Nc1cccc(Br)c1O. The number of aromatic hydroxyl groups is 1. The van der Waals surface area contributed by atoms with Gasteiger partial charge in [-0.15, -0.1) is 0 Å². The van der Waals surface area contributed by atoms with Crippen molar-refractivity contribution in [2.75, 3.05) is 24.2 Å². The van der Waals surface area contributed by atoms with Gasteiger partial charge in [0.15, 0.2) is 5.75 Å². The van der Waals surface area contributed by atoms with Gasteiger partial charge in [0.05, 0.1) is 15.9 Å². The molecule has 1 aromatic rings. The van der Waals surface area contributed by atoms with Gasteiger partial charge in [-0.25, -0.2) is 8.42 Å². The van der Waals surface area contributed by atoms with Crippen LogP contribution in [0, 0.1) is 0 Å². The van der Waals surface area contributed by atoms with E-state index in [1.54, 1.807) is 12.1 Å². The maximum Gasteiger partial charge on any atom is 0.232 e. The number of anilines is 1. The molecule has 0 spiro atoms. The lowest BCUT2D eigenvalue weighted by Gasteiger charge is -2.10. The Balaban J connectivity index is 2.73. The first kappa shape index (κ1) is 14.3. The van der Waals surface area contributed by atoms with Crippen molar-refractivity contribution in [1.82, 2.24) is 0 Å². The number of phenols is 1. The molecule has 0 bridgehead atoms. The molecule has 0 aliphatic rings. The molecule has 5 nitrogen and oxygen atoms in total. The first-order valence-corrected chi connectivity index (χ1v) is 7.37. The van der Waals surface area contributed by atoms with Crippen molar-refractivity contribution >= 4 is 31.6 Å². The summed E-state index contributed by atoms with van der Waals surface area (Å²) < 4.78 is 30.8. The Kier molecular flexibility index (Phi) is 5.23. The van der Waals surface area contributed by atoms with Crippen LogP contribution >= 0.6 is 15.9 Å². The summed E-state index contributed by atoms with van der Waals surface area (Å²) in [6.45, 7) is 0.380. The van der Waals surface area contributed by atoms with Crippen LogP contribution in [-0.2, 0) is 14.8 Å². The fraction of sp³-hybridized carbons (Fsp3) is 0.400. The standard InChI is InChI=1S/C10H14BrNO4S/c1-16-6-3-7-17(14,15)12-9-5-2-4-8(11)10(9)13/h2,4-5,12-13H,3,6-7H2,1H3. The van der Waals surface area contributed by atoms with Crippen LogP contribution in [-0.4, -0.2) is 33.0 Å². The predicted molar refractivity (Wildman–Crippen MR) is 69.7 cm³/mol. The Hall–Kier alpha value is -0.790. The van der Waals surface area contributed by atoms with E-state index < -0.39 is 10.0 Å². The molecule has 0 aliphatic heterocycles. The van der Waals surface area contributed by atoms with E-state index in [1.807, 2.05) is 0 Å². The number of ether oxygens (including phenoxy) is 1. The summed E-state index contributed by atoms with van der Waals surface area (Å²) in [7, 11) is -1.94. The zero-order valence-corrected chi connectivity index (χ0v) is 11.7. The van der Waals surface area contributed by atoms with Gasteiger partial charge in [0.2, 0.25) is 10.0 Å². The molecule has 0 fully saturated rings. The van der Waals surface area contributed by atoms with Crippen molar-refractivity contribution in [2.24, 2.45) is 0 Å². The number of phenolic OH excluding ortho intramolecular Hbond substituents is 1. The van der Waals surface area contributed by atoms with Crippen LogP contribution < -0.4 is 4.72 Å². The highest BCUT2D eigenvalue weighted by Crippen LogP contribution is 2.32. The van der Waals surface area contributed by atoms with Gasteiger partial charge in [0.25, 0.3) is 0 Å². The highest BCUT2D eigenvalue weighted by Gasteiger charge is 2.13. The molecule has 0 heterocycles. The van der Waals surface area contributed by atoms with Crippen LogP contribution in [0.15, 0.2) is 22.7 Å². The summed E-state index contributed by atoms with van der Waals surface area (Å²) in [4.78, 5) is 0. The average Bonchev–Trinajstić information content (AvgIpc) is 2.25. The van der Waals surface area contributed by atoms with Crippen LogP contribution in [0.3, 0.4) is 0 Å². The van der Waals surface area contributed by atoms with Gasteiger partial charge in [-0.3, -0.25) is 4.72 Å². The zero-order valence-electron chi connectivity index (χ0n) is 9.31. The number of para-hydroxylation sites is 1. The van der Waals surface area contributed by atoms with Crippen molar-refractivity contribution in [1.29, 1.82) is 0 Å². The number of hydrogen-bond donors (Lipinski definition) is 2. The van der Waals surface area contributed by atoms with Crippen LogP contribution in [0.5, 0.6) is 5.75 Å². The molecule has 0 atom stereocenters. The minimum atomic E-state index is -3.46. The maximum absolute atomic E-state index is 11.6. The molecular formula is C10H14BrNO4S. The van der Waals surface area contributed by atoms with Gasteiger partial charge < -0.3 is 9.84 Å². The fourth-order valence-electron chi connectivity index (χ4n) is 1.21. The number of sulfonamides is 1. The Labute approximate surface area is 109 Å². The third kappa shape index (κ3) is 4.53. The van der Waals surface area contributed by atoms with E-state index in [-0.39, 0.29) is 17.2 Å². The predicted octanol–water partition coefficient (Wildman–Crippen LogP) is 1.93. The topological polar surface area (TPSA) is 75.6 Å². The number of rotatable bonds is 6. The molecule has 17 heavy (non-hydrogen) atoms. The minimum absolute atomic E-state index is 0.0488. The quantitative estimate of drug-likeness (QED) is 0.619. The van der Waals surface area contributed by atoms with Gasteiger partial charge >= 0.3 is 0 Å². The summed E-state index contributed by atoms with van der Waals surface area (Å²) in [6, 6.07) is 4.75. The van der Waals surface area contributed by atoms with Crippen molar-refractivity contribution < 1.29 is 18.3 Å². The lowest BCUT2D eigenvalue weighted by molar-refractivity contribution is 0.199. The van der Waals surface area contributed by atoms with E-state index in [2.05, 4.69) is 20.7 Å². The first-order chi connectivity index (χ1) is 7.96. The fourth-order valence-corrected chi connectivity index (χ4v) is 2.68. The molecule has 7 heteroatoms. The Morgan fingerprint density at radius 3 is 2.82 bits per heavy atom. The van der Waals surface area contributed by atoms with Crippen LogP contribution in [0.4, 0.5) is 5.69 Å². The molecule has 0 amide bonds. The van der Waals surface area contributed by atoms with Gasteiger partial charge in [-0.2, -0.15) is 0 Å². The van der Waals surface area contributed by atoms with Gasteiger partial charge in [-0.1, -0.05) is 6.07 Å². The van der Waals surface area contributed by atoms with Crippen molar-refractivity contribution in [2.45, 2.75) is 6.42 Å². The molecule has 0 unspecified atom stereocenters. The monoisotopic (exact) mass is 323 g/mol. The summed E-state index contributed by atoms with van der Waals surface area (Å²) in [5.74, 6) is -0.171. The second-order valence-electron chi connectivity index (χ2n) is 3.40. The lowest BCUT2D eigenvalue weighted by atomic mass is 10.3. The second-order valence-corrected chi connectivity index (χ2v) is 6.10. The molecule has 0 radical (unpaired) electrons. The number of hydrogen-bond acceptors (Lipinski definition) is 4. The molecule has 1 aromatic carbocycles. The van der Waals surface area contributed by atoms with Crippen molar-refractivity contribution in [3.8, 4) is 5.75 Å². The van der Waals surface area contributed by atoms with E-state index in [4.69, 9.17) is 4.74 Å². The number of halogens is 1. The largest absolute Gasteiger partial charge is 0.505 e. The molecule has 96 valence electrons. The van der Waals surface area contributed by atoms with Crippen LogP contribution in [0.1, 0.15) is 6.42 Å². The lowest BCUT2D eigenvalue weighted by Crippen LogP contribution is -2.17. The van der Waals surface area contributed by atoms with E-state index in [1.165, 1.54) is 13.2 Å². The van der Waals surface area contributed by atoms with E-state index in [0.717, 1.165) is 0 Å². The molecule has 0 saturated heterocycles. The van der Waals surface area contributed by atoms with Gasteiger partial charge in [0.1, 0.15) is 0 Å². The number of benzene rings is 1. The Morgan fingerprint density at radius 1 is 1.47 bits per heavy atom. The molecule has 0 aliphatic carbocycles. The third-order valence-corrected chi connectivity index (χ3v) is 4.01. The molecule has 0 aromatic heterocycles. The van der Waals surface area contributed by atoms with Gasteiger partial charge in [-0.05, 0) is 34.5 Å². The molecular weight excluding hydrogens is 310 g/mol. The van der Waals surface area contributed by atoms with Crippen molar-refractivity contribution in [3.63, 3.8) is 0 Å². The third-order valence-electron chi connectivity index (χ3n) is 2.01. The highest BCUT2D eigenvalue weighted by atomic mass is 79.9. The summed E-state index contributed by atoms with van der Waals surface area (Å²) in [5.41, 5.74) is 0.164. The molecule has 0 saturated carbocycles. The smallest absolute Gasteiger partial charge is 0.232 e. The zero-order chi connectivity index (χ0) is 12.9.